The van der Waals surface area contributed by atoms with Crippen LogP contribution in [0.4, 0.5) is 17.5 Å². The molecule has 0 saturated carbocycles. The van der Waals surface area contributed by atoms with Gasteiger partial charge in [-0.2, -0.15) is 10.1 Å². The van der Waals surface area contributed by atoms with Crippen LogP contribution in [-0.4, -0.2) is 20.7 Å². The van der Waals surface area contributed by atoms with Crippen LogP contribution >= 0.6 is 0 Å². The van der Waals surface area contributed by atoms with Gasteiger partial charge in [0.1, 0.15) is 0 Å². The Morgan fingerprint density at radius 2 is 1.85 bits per heavy atom. The molecule has 20 heavy (non-hydrogen) atoms. The average Bonchev–Trinajstić information content (AvgIpc) is 2.33. The molecule has 5 heteroatoms. The molecule has 0 bridgehead atoms. The first-order chi connectivity index (χ1) is 9.35. The molecule has 0 fully saturated rings. The second kappa shape index (κ2) is 5.45. The van der Waals surface area contributed by atoms with Crippen molar-refractivity contribution in [3.05, 3.63) is 35.5 Å². The van der Waals surface area contributed by atoms with E-state index in [1.165, 1.54) is 11.1 Å². The second-order valence-corrected chi connectivity index (χ2v) is 5.91. The SMILES string of the molecule is Cc1cccc(Nc2nncc(NC(C)(C)C)n2)c1C. The van der Waals surface area contributed by atoms with Gasteiger partial charge in [0.05, 0.1) is 6.20 Å². The van der Waals surface area contributed by atoms with Crippen LogP contribution in [0.25, 0.3) is 0 Å². The average molecular weight is 271 g/mol. The van der Waals surface area contributed by atoms with Crippen molar-refractivity contribution in [2.75, 3.05) is 10.6 Å². The highest BCUT2D eigenvalue weighted by molar-refractivity contribution is 5.60. The van der Waals surface area contributed by atoms with Gasteiger partial charge in [-0.15, -0.1) is 5.10 Å². The first-order valence-corrected chi connectivity index (χ1v) is 6.66. The smallest absolute Gasteiger partial charge is 0.249 e. The van der Waals surface area contributed by atoms with E-state index in [0.717, 1.165) is 5.69 Å². The predicted octanol–water partition coefficient (Wildman–Crippen LogP) is 3.44. The Morgan fingerprint density at radius 3 is 2.55 bits per heavy atom. The molecule has 1 heterocycles. The lowest BCUT2D eigenvalue weighted by molar-refractivity contribution is 0.629. The zero-order valence-corrected chi connectivity index (χ0v) is 12.7. The Hall–Kier alpha value is -2.17. The summed E-state index contributed by atoms with van der Waals surface area (Å²) >= 11 is 0. The zero-order chi connectivity index (χ0) is 14.8. The number of aryl methyl sites for hydroxylation is 1. The van der Waals surface area contributed by atoms with E-state index in [0.29, 0.717) is 11.8 Å². The minimum absolute atomic E-state index is 0.0629. The minimum atomic E-state index is -0.0629. The zero-order valence-electron chi connectivity index (χ0n) is 12.7. The summed E-state index contributed by atoms with van der Waals surface area (Å²) in [6, 6.07) is 6.10. The maximum absolute atomic E-state index is 4.43. The van der Waals surface area contributed by atoms with E-state index >= 15 is 0 Å². The summed E-state index contributed by atoms with van der Waals surface area (Å²) < 4.78 is 0. The first kappa shape index (κ1) is 14.2. The molecule has 0 aliphatic heterocycles. The van der Waals surface area contributed by atoms with Crippen LogP contribution in [0, 0.1) is 13.8 Å². The number of rotatable bonds is 3. The number of hydrogen-bond acceptors (Lipinski definition) is 5. The van der Waals surface area contributed by atoms with Crippen LogP contribution in [0.1, 0.15) is 31.9 Å². The molecule has 106 valence electrons. The standard InChI is InChI=1S/C15H21N5/c1-10-7-6-8-12(11(10)2)17-14-18-13(9-16-20-14)19-15(3,4)5/h6-9H,1-5H3,(H2,17,18,19,20). The van der Waals surface area contributed by atoms with Crippen molar-refractivity contribution < 1.29 is 0 Å². The third kappa shape index (κ3) is 3.66. The Morgan fingerprint density at radius 1 is 1.10 bits per heavy atom. The molecule has 2 aromatic rings. The Balaban J connectivity index is 2.22. The van der Waals surface area contributed by atoms with Gasteiger partial charge in [-0.1, -0.05) is 12.1 Å². The van der Waals surface area contributed by atoms with Gasteiger partial charge in [-0.3, -0.25) is 0 Å². The lowest BCUT2D eigenvalue weighted by atomic mass is 10.1. The number of aromatic nitrogens is 3. The maximum Gasteiger partial charge on any atom is 0.249 e. The predicted molar refractivity (Wildman–Crippen MR) is 82.4 cm³/mol. The molecule has 1 aromatic carbocycles. The highest BCUT2D eigenvalue weighted by atomic mass is 15.3. The van der Waals surface area contributed by atoms with Crippen molar-refractivity contribution in [2.24, 2.45) is 0 Å². The Labute approximate surface area is 119 Å². The molecule has 0 amide bonds. The van der Waals surface area contributed by atoms with Gasteiger partial charge < -0.3 is 10.6 Å². The molecule has 0 aliphatic rings. The lowest BCUT2D eigenvalue weighted by Crippen LogP contribution is -2.27. The summed E-state index contributed by atoms with van der Waals surface area (Å²) in [4.78, 5) is 4.43. The number of benzene rings is 1. The highest BCUT2D eigenvalue weighted by Crippen LogP contribution is 2.21. The fourth-order valence-corrected chi connectivity index (χ4v) is 1.81. The number of nitrogens with zero attached hydrogens (tertiary/aromatic N) is 3. The van der Waals surface area contributed by atoms with E-state index in [1.807, 2.05) is 12.1 Å². The van der Waals surface area contributed by atoms with Gasteiger partial charge in [0.2, 0.25) is 5.95 Å². The third-order valence-corrected chi connectivity index (χ3v) is 2.91. The van der Waals surface area contributed by atoms with E-state index in [9.17, 15) is 0 Å². The Kier molecular flexibility index (Phi) is 3.88. The fraction of sp³-hybridized carbons (Fsp3) is 0.400. The molecule has 0 atom stereocenters. The molecule has 0 radical (unpaired) electrons. The number of nitrogens with one attached hydrogen (secondary N) is 2. The van der Waals surface area contributed by atoms with Gasteiger partial charge in [-0.25, -0.2) is 0 Å². The van der Waals surface area contributed by atoms with Gasteiger partial charge in [0.25, 0.3) is 0 Å². The minimum Gasteiger partial charge on any atom is -0.364 e. The third-order valence-electron chi connectivity index (χ3n) is 2.91. The molecule has 2 rings (SSSR count). The second-order valence-electron chi connectivity index (χ2n) is 5.91. The molecule has 0 saturated heterocycles. The summed E-state index contributed by atoms with van der Waals surface area (Å²) in [5.74, 6) is 1.20. The Bertz CT molecular complexity index is 601. The van der Waals surface area contributed by atoms with Crippen LogP contribution in [0.5, 0.6) is 0 Å². The van der Waals surface area contributed by atoms with Crippen LogP contribution in [0.3, 0.4) is 0 Å². The van der Waals surface area contributed by atoms with Crippen LogP contribution in [0.15, 0.2) is 24.4 Å². The number of anilines is 3. The molecule has 5 nitrogen and oxygen atoms in total. The highest BCUT2D eigenvalue weighted by Gasteiger charge is 2.11. The maximum atomic E-state index is 4.43. The van der Waals surface area contributed by atoms with Crippen molar-refractivity contribution in [1.29, 1.82) is 0 Å². The molecule has 0 aliphatic carbocycles. The molecular formula is C15H21N5. The largest absolute Gasteiger partial charge is 0.364 e. The van der Waals surface area contributed by atoms with Crippen LogP contribution < -0.4 is 10.6 Å². The normalized spacial score (nSPS) is 11.2. The molecule has 0 spiro atoms. The van der Waals surface area contributed by atoms with Gasteiger partial charge in [0.15, 0.2) is 5.82 Å². The summed E-state index contributed by atoms with van der Waals surface area (Å²) in [5, 5.41) is 14.5. The van der Waals surface area contributed by atoms with Crippen molar-refractivity contribution in [3.8, 4) is 0 Å². The van der Waals surface area contributed by atoms with Gasteiger partial charge in [0, 0.05) is 11.2 Å². The van der Waals surface area contributed by atoms with Crippen molar-refractivity contribution >= 4 is 17.5 Å². The van der Waals surface area contributed by atoms with Crippen molar-refractivity contribution in [2.45, 2.75) is 40.2 Å². The fourth-order valence-electron chi connectivity index (χ4n) is 1.81. The lowest BCUT2D eigenvalue weighted by Gasteiger charge is -2.21. The first-order valence-electron chi connectivity index (χ1n) is 6.66. The van der Waals surface area contributed by atoms with Crippen LogP contribution in [-0.2, 0) is 0 Å². The molecule has 2 N–H and O–H groups in total. The summed E-state index contributed by atoms with van der Waals surface area (Å²) in [7, 11) is 0. The molecule has 0 unspecified atom stereocenters. The van der Waals surface area contributed by atoms with E-state index in [2.05, 4.69) is 66.5 Å². The van der Waals surface area contributed by atoms with Gasteiger partial charge >= 0.3 is 0 Å². The summed E-state index contributed by atoms with van der Waals surface area (Å²) in [5.41, 5.74) is 3.35. The van der Waals surface area contributed by atoms with Crippen molar-refractivity contribution in [3.63, 3.8) is 0 Å². The quantitative estimate of drug-likeness (QED) is 0.895. The van der Waals surface area contributed by atoms with E-state index < -0.39 is 0 Å². The van der Waals surface area contributed by atoms with Crippen LogP contribution in [0.2, 0.25) is 0 Å². The molecular weight excluding hydrogens is 250 g/mol. The van der Waals surface area contributed by atoms with E-state index in [-0.39, 0.29) is 5.54 Å². The van der Waals surface area contributed by atoms with E-state index in [1.54, 1.807) is 6.20 Å². The molecule has 1 aromatic heterocycles. The topological polar surface area (TPSA) is 62.7 Å². The van der Waals surface area contributed by atoms with Gasteiger partial charge in [-0.05, 0) is 51.8 Å². The number of hydrogen-bond donors (Lipinski definition) is 2. The van der Waals surface area contributed by atoms with E-state index in [4.69, 9.17) is 0 Å². The monoisotopic (exact) mass is 271 g/mol. The summed E-state index contributed by atoms with van der Waals surface area (Å²) in [6.45, 7) is 10.4. The summed E-state index contributed by atoms with van der Waals surface area (Å²) in [6.07, 6.45) is 1.62. The van der Waals surface area contributed by atoms with Crippen molar-refractivity contribution in [1.82, 2.24) is 15.2 Å².